The van der Waals surface area contributed by atoms with E-state index >= 15 is 0 Å². The van der Waals surface area contributed by atoms with E-state index < -0.39 is 35.7 Å². The number of carbonyl (C=O) groups is 1. The summed E-state index contributed by atoms with van der Waals surface area (Å²) < 4.78 is 62.2. The van der Waals surface area contributed by atoms with E-state index in [1.165, 1.54) is 18.2 Å². The first-order valence-electron chi connectivity index (χ1n) is 11.4. The van der Waals surface area contributed by atoms with Crippen molar-refractivity contribution in [3.05, 3.63) is 59.3 Å². The molecule has 0 radical (unpaired) electrons. The minimum absolute atomic E-state index is 0.0182. The van der Waals surface area contributed by atoms with E-state index in [1.54, 1.807) is 17.1 Å². The number of halogens is 5. The highest BCUT2D eigenvalue weighted by molar-refractivity contribution is 6.30. The van der Waals surface area contributed by atoms with Crippen LogP contribution in [0.25, 0.3) is 11.3 Å². The highest BCUT2D eigenvalue weighted by Crippen LogP contribution is 2.65. The van der Waals surface area contributed by atoms with Gasteiger partial charge in [-0.3, -0.25) is 14.5 Å². The standard InChI is InChI=1S/C24H19ClF4N4O4/c25-15-3-14-18(34)5-20(36-19(14)4-16(15)26)21(35)32-22-9-23(10-22,11-22)33-8-12(6-31-33)17-2-1-13(7-30-17)37-24(27,28)29/h1-4,6-8,18,20,34H,5,9-11H2,(H,32,35)/t18-,20+,22?,23?/m1/s1. The van der Waals surface area contributed by atoms with Crippen molar-refractivity contribution in [2.45, 2.75) is 55.3 Å². The third-order valence-corrected chi connectivity index (χ3v) is 7.43. The lowest BCUT2D eigenvalue weighted by Gasteiger charge is -2.70. The molecule has 1 aromatic carbocycles. The molecule has 2 aromatic heterocycles. The Morgan fingerprint density at radius 3 is 2.68 bits per heavy atom. The molecule has 8 nitrogen and oxygen atoms in total. The summed E-state index contributed by atoms with van der Waals surface area (Å²) in [4.78, 5) is 16.9. The van der Waals surface area contributed by atoms with Crippen molar-refractivity contribution >= 4 is 17.5 Å². The van der Waals surface area contributed by atoms with Crippen molar-refractivity contribution in [1.82, 2.24) is 20.1 Å². The molecule has 37 heavy (non-hydrogen) atoms. The molecule has 4 aliphatic rings. The van der Waals surface area contributed by atoms with Crippen LogP contribution < -0.4 is 14.8 Å². The lowest BCUT2D eigenvalue weighted by molar-refractivity contribution is -0.274. The SMILES string of the molecule is O=C(NC12CC(n3cc(-c4ccc(OC(F)(F)F)cn4)cn3)(C1)C2)[C@@H]1C[C@@H](O)c2cc(Cl)c(F)cc2O1. The van der Waals surface area contributed by atoms with E-state index in [9.17, 15) is 27.5 Å². The monoisotopic (exact) mass is 538 g/mol. The summed E-state index contributed by atoms with van der Waals surface area (Å²) in [6.45, 7) is 0. The number of rotatable bonds is 5. The molecule has 0 saturated heterocycles. The number of benzene rings is 1. The molecule has 0 spiro atoms. The van der Waals surface area contributed by atoms with E-state index in [0.717, 1.165) is 12.3 Å². The van der Waals surface area contributed by atoms with Crippen LogP contribution in [0.5, 0.6) is 11.5 Å². The van der Waals surface area contributed by atoms with Gasteiger partial charge in [0.05, 0.1) is 34.8 Å². The molecule has 2 N–H and O–H groups in total. The highest BCUT2D eigenvalue weighted by Gasteiger charge is 2.70. The van der Waals surface area contributed by atoms with E-state index in [0.29, 0.717) is 36.1 Å². The van der Waals surface area contributed by atoms with Gasteiger partial charge in [0.15, 0.2) is 6.10 Å². The molecule has 3 fully saturated rings. The van der Waals surface area contributed by atoms with Crippen LogP contribution >= 0.6 is 11.6 Å². The van der Waals surface area contributed by atoms with Crippen LogP contribution in [0.2, 0.25) is 5.02 Å². The van der Waals surface area contributed by atoms with E-state index in [1.807, 2.05) is 0 Å². The second-order valence-electron chi connectivity index (χ2n) is 9.79. The first-order valence-corrected chi connectivity index (χ1v) is 11.8. The van der Waals surface area contributed by atoms with E-state index in [2.05, 4.69) is 20.1 Å². The lowest BCUT2D eigenvalue weighted by atomic mass is 9.44. The van der Waals surface area contributed by atoms with Crippen LogP contribution in [0.15, 0.2) is 42.9 Å². The van der Waals surface area contributed by atoms with Crippen molar-refractivity contribution in [2.75, 3.05) is 0 Å². The number of hydrogen-bond donors (Lipinski definition) is 2. The Bertz CT molecular complexity index is 1370. The summed E-state index contributed by atoms with van der Waals surface area (Å²) in [7, 11) is 0. The summed E-state index contributed by atoms with van der Waals surface area (Å²) in [5, 5.41) is 17.7. The molecule has 1 amide bonds. The second kappa shape index (κ2) is 8.06. The fourth-order valence-corrected chi connectivity index (χ4v) is 5.68. The third-order valence-electron chi connectivity index (χ3n) is 7.14. The molecule has 2 atom stereocenters. The number of fused-ring (bicyclic) bond motifs is 1. The number of nitrogens with one attached hydrogen (secondary N) is 1. The number of ether oxygens (including phenoxy) is 2. The highest BCUT2D eigenvalue weighted by atomic mass is 35.5. The smallest absolute Gasteiger partial charge is 0.480 e. The van der Waals surface area contributed by atoms with Gasteiger partial charge in [0.1, 0.15) is 17.3 Å². The molecular weight excluding hydrogens is 520 g/mol. The molecule has 1 aliphatic heterocycles. The topological polar surface area (TPSA) is 98.5 Å². The van der Waals surface area contributed by atoms with Gasteiger partial charge in [0.25, 0.3) is 5.91 Å². The van der Waals surface area contributed by atoms with Crippen LogP contribution in [0.4, 0.5) is 17.6 Å². The summed E-state index contributed by atoms with van der Waals surface area (Å²) in [5.74, 6) is -1.41. The fraction of sp³-hybridized carbons (Fsp3) is 0.375. The Labute approximate surface area is 212 Å². The van der Waals surface area contributed by atoms with Crippen molar-refractivity contribution in [2.24, 2.45) is 0 Å². The van der Waals surface area contributed by atoms with E-state index in [4.69, 9.17) is 16.3 Å². The number of pyridine rings is 1. The van der Waals surface area contributed by atoms with Gasteiger partial charge in [-0.05, 0) is 37.5 Å². The number of hydrogen-bond acceptors (Lipinski definition) is 6. The number of aromatic nitrogens is 3. The number of carbonyl (C=O) groups excluding carboxylic acids is 1. The predicted molar refractivity (Wildman–Crippen MR) is 120 cm³/mol. The quantitative estimate of drug-likeness (QED) is 0.471. The molecule has 2 bridgehead atoms. The van der Waals surface area contributed by atoms with Gasteiger partial charge >= 0.3 is 6.36 Å². The number of aliphatic hydroxyl groups is 1. The van der Waals surface area contributed by atoms with Crippen LogP contribution in [-0.2, 0) is 10.3 Å². The molecule has 3 heterocycles. The van der Waals surface area contributed by atoms with Crippen LogP contribution in [0.3, 0.4) is 0 Å². The largest absolute Gasteiger partial charge is 0.573 e. The third kappa shape index (κ3) is 4.17. The minimum atomic E-state index is -4.79. The first-order chi connectivity index (χ1) is 17.4. The number of amides is 1. The Morgan fingerprint density at radius 1 is 1.24 bits per heavy atom. The average Bonchev–Trinajstić information content (AvgIpc) is 3.25. The zero-order chi connectivity index (χ0) is 26.2. The normalized spacial score (nSPS) is 27.8. The fourth-order valence-electron chi connectivity index (χ4n) is 5.51. The Morgan fingerprint density at radius 2 is 2.00 bits per heavy atom. The molecule has 3 aromatic rings. The molecule has 3 aliphatic carbocycles. The maximum atomic E-state index is 13.8. The lowest BCUT2D eigenvalue weighted by Crippen LogP contribution is -2.79. The second-order valence-corrected chi connectivity index (χ2v) is 10.2. The Hall–Kier alpha value is -3.38. The van der Waals surface area contributed by atoms with Gasteiger partial charge in [0.2, 0.25) is 0 Å². The maximum absolute atomic E-state index is 13.8. The zero-order valence-electron chi connectivity index (χ0n) is 18.9. The van der Waals surface area contributed by atoms with Gasteiger partial charge in [-0.25, -0.2) is 4.39 Å². The summed E-state index contributed by atoms with van der Waals surface area (Å²) in [6.07, 6.45) is -0.502. The van der Waals surface area contributed by atoms with Crippen molar-refractivity contribution in [3.8, 4) is 22.8 Å². The summed E-state index contributed by atoms with van der Waals surface area (Å²) in [6, 6.07) is 4.97. The molecular formula is C24H19ClF4N4O4. The molecule has 0 unspecified atom stereocenters. The van der Waals surface area contributed by atoms with Crippen molar-refractivity contribution in [1.29, 1.82) is 0 Å². The van der Waals surface area contributed by atoms with Crippen LogP contribution in [-0.4, -0.2) is 43.8 Å². The van der Waals surface area contributed by atoms with Gasteiger partial charge in [-0.15, -0.1) is 13.2 Å². The molecule has 3 saturated carbocycles. The number of alkyl halides is 3. The van der Waals surface area contributed by atoms with Gasteiger partial charge < -0.3 is 19.9 Å². The van der Waals surface area contributed by atoms with Crippen molar-refractivity contribution in [3.63, 3.8) is 0 Å². The molecule has 194 valence electrons. The van der Waals surface area contributed by atoms with Crippen LogP contribution in [0.1, 0.15) is 37.4 Å². The molecule has 13 heteroatoms. The van der Waals surface area contributed by atoms with Crippen LogP contribution in [0, 0.1) is 5.82 Å². The first kappa shape index (κ1) is 24.0. The zero-order valence-corrected chi connectivity index (χ0v) is 19.7. The Kier molecular flexibility index (Phi) is 5.22. The van der Waals surface area contributed by atoms with Gasteiger partial charge in [-0.2, -0.15) is 5.10 Å². The maximum Gasteiger partial charge on any atom is 0.573 e. The predicted octanol–water partition coefficient (Wildman–Crippen LogP) is 4.27. The summed E-state index contributed by atoms with van der Waals surface area (Å²) in [5.41, 5.74) is 0.729. The van der Waals surface area contributed by atoms with Gasteiger partial charge in [-0.1, -0.05) is 11.6 Å². The minimum Gasteiger partial charge on any atom is -0.480 e. The molecule has 7 rings (SSSR count). The number of aliphatic hydroxyl groups excluding tert-OH is 1. The number of nitrogens with zero attached hydrogens (tertiary/aromatic N) is 3. The Balaban J connectivity index is 1.08. The van der Waals surface area contributed by atoms with Crippen molar-refractivity contribution < 1.29 is 36.9 Å². The van der Waals surface area contributed by atoms with E-state index in [-0.39, 0.29) is 28.6 Å². The summed E-state index contributed by atoms with van der Waals surface area (Å²) >= 11 is 5.78. The van der Waals surface area contributed by atoms with Gasteiger partial charge in [0, 0.05) is 35.3 Å². The average molecular weight is 539 g/mol.